The molecule has 0 aliphatic rings. The number of halogens is 3. The van der Waals surface area contributed by atoms with Crippen LogP contribution in [0.4, 0.5) is 13.2 Å². The highest BCUT2D eigenvalue weighted by Crippen LogP contribution is 2.30. The maximum atomic E-state index is 13.1. The Kier molecular flexibility index (Phi) is 3.84. The molecule has 0 bridgehead atoms. The third-order valence-electron chi connectivity index (χ3n) is 2.82. The van der Waals surface area contributed by atoms with Crippen molar-refractivity contribution in [3.8, 4) is 0 Å². The van der Waals surface area contributed by atoms with Crippen LogP contribution in [0, 0.1) is 0 Å². The zero-order chi connectivity index (χ0) is 15.8. The van der Waals surface area contributed by atoms with E-state index in [1.54, 1.807) is 13.8 Å². The third-order valence-corrected chi connectivity index (χ3v) is 2.82. The van der Waals surface area contributed by atoms with E-state index in [1.165, 1.54) is 0 Å². The first-order valence-electron chi connectivity index (χ1n) is 6.24. The molecule has 0 spiro atoms. The molecule has 6 nitrogen and oxygen atoms in total. The summed E-state index contributed by atoms with van der Waals surface area (Å²) in [6.45, 7) is 3.45. The van der Waals surface area contributed by atoms with Crippen molar-refractivity contribution in [2.45, 2.75) is 38.8 Å². The maximum Gasteiger partial charge on any atom is 0.433 e. The lowest BCUT2D eigenvalue weighted by Crippen LogP contribution is -2.15. The Hall–Kier alpha value is -2.19. The first kappa shape index (κ1) is 15.2. The van der Waals surface area contributed by atoms with Crippen molar-refractivity contribution in [1.82, 2.24) is 19.6 Å². The zero-order valence-corrected chi connectivity index (χ0v) is 11.3. The number of alkyl halides is 3. The summed E-state index contributed by atoms with van der Waals surface area (Å²) in [6.07, 6.45) is -4.90. The number of carbonyl (C=O) groups is 1. The number of aryl methyl sites for hydroxylation is 1. The Morgan fingerprint density at radius 2 is 2.05 bits per heavy atom. The number of rotatable bonds is 4. The van der Waals surface area contributed by atoms with Gasteiger partial charge in [0.05, 0.1) is 6.42 Å². The molecule has 0 amide bonds. The van der Waals surface area contributed by atoms with E-state index in [2.05, 4.69) is 15.1 Å². The minimum atomic E-state index is -4.59. The highest BCUT2D eigenvalue weighted by Gasteiger charge is 2.35. The van der Waals surface area contributed by atoms with Crippen molar-refractivity contribution >= 4 is 11.7 Å². The topological polar surface area (TPSA) is 80.4 Å². The predicted octanol–water partition coefficient (Wildman–Crippen LogP) is 2.28. The van der Waals surface area contributed by atoms with Crippen molar-refractivity contribution in [1.29, 1.82) is 0 Å². The van der Waals surface area contributed by atoms with E-state index in [0.29, 0.717) is 4.52 Å². The molecule has 2 rings (SSSR count). The van der Waals surface area contributed by atoms with Gasteiger partial charge in [0.15, 0.2) is 11.5 Å². The van der Waals surface area contributed by atoms with E-state index in [1.807, 2.05) is 0 Å². The van der Waals surface area contributed by atoms with Gasteiger partial charge in [-0.25, -0.2) is 4.98 Å². The quantitative estimate of drug-likeness (QED) is 0.937. The van der Waals surface area contributed by atoms with Gasteiger partial charge in [-0.15, -0.1) is 5.10 Å². The lowest BCUT2D eigenvalue weighted by molar-refractivity contribution is -0.143. The van der Waals surface area contributed by atoms with Crippen LogP contribution in [0.15, 0.2) is 6.07 Å². The Balaban J connectivity index is 2.55. The highest BCUT2D eigenvalue weighted by molar-refractivity contribution is 5.66. The van der Waals surface area contributed by atoms with Gasteiger partial charge in [-0.3, -0.25) is 4.79 Å². The fourth-order valence-corrected chi connectivity index (χ4v) is 1.75. The van der Waals surface area contributed by atoms with E-state index in [4.69, 9.17) is 5.11 Å². The van der Waals surface area contributed by atoms with E-state index >= 15 is 0 Å². The summed E-state index contributed by atoms with van der Waals surface area (Å²) in [5.74, 6) is -1.42. The van der Waals surface area contributed by atoms with Crippen LogP contribution in [0.25, 0.3) is 5.78 Å². The average molecular weight is 302 g/mol. The molecule has 0 fully saturated rings. The van der Waals surface area contributed by atoms with E-state index in [9.17, 15) is 18.0 Å². The lowest BCUT2D eigenvalue weighted by atomic mass is 10.1. The summed E-state index contributed by atoms with van der Waals surface area (Å²) in [4.78, 5) is 18.4. The van der Waals surface area contributed by atoms with E-state index < -0.39 is 17.8 Å². The lowest BCUT2D eigenvalue weighted by Gasteiger charge is -2.11. The molecule has 0 saturated carbocycles. The van der Waals surface area contributed by atoms with Gasteiger partial charge in [0, 0.05) is 12.1 Å². The Labute approximate surface area is 117 Å². The second kappa shape index (κ2) is 5.30. The molecule has 2 heterocycles. The second-order valence-electron chi connectivity index (χ2n) is 4.85. The van der Waals surface area contributed by atoms with E-state index in [-0.39, 0.29) is 36.1 Å². The van der Waals surface area contributed by atoms with Gasteiger partial charge in [0.25, 0.3) is 5.78 Å². The molecule has 0 atom stereocenters. The molecule has 9 heteroatoms. The van der Waals surface area contributed by atoms with Crippen LogP contribution < -0.4 is 0 Å². The summed E-state index contributed by atoms with van der Waals surface area (Å²) in [6, 6.07) is 0.938. The van der Waals surface area contributed by atoms with Crippen molar-refractivity contribution in [3.05, 3.63) is 23.3 Å². The fourth-order valence-electron chi connectivity index (χ4n) is 1.75. The fraction of sp³-hybridized carbons (Fsp3) is 0.500. The number of aliphatic carboxylic acids is 1. The van der Waals surface area contributed by atoms with Gasteiger partial charge in [0.1, 0.15) is 0 Å². The Morgan fingerprint density at radius 1 is 1.38 bits per heavy atom. The molecule has 0 aliphatic carbocycles. The van der Waals surface area contributed by atoms with Gasteiger partial charge in [-0.2, -0.15) is 22.7 Å². The summed E-state index contributed by atoms with van der Waals surface area (Å²) in [5.41, 5.74) is -0.711. The number of hydrogen-bond donors (Lipinski definition) is 1. The van der Waals surface area contributed by atoms with Crippen LogP contribution in [0.2, 0.25) is 0 Å². The molecule has 0 radical (unpaired) electrons. The van der Waals surface area contributed by atoms with Gasteiger partial charge in [-0.1, -0.05) is 13.8 Å². The van der Waals surface area contributed by atoms with Crippen LogP contribution in [0.5, 0.6) is 0 Å². The molecule has 2 aromatic rings. The summed E-state index contributed by atoms with van der Waals surface area (Å²) in [7, 11) is 0. The largest absolute Gasteiger partial charge is 0.481 e. The van der Waals surface area contributed by atoms with Crippen LogP contribution in [-0.2, 0) is 17.4 Å². The smallest absolute Gasteiger partial charge is 0.433 e. The number of nitrogens with zero attached hydrogens (tertiary/aromatic N) is 4. The third kappa shape index (κ3) is 3.29. The maximum absolute atomic E-state index is 13.1. The van der Waals surface area contributed by atoms with Crippen LogP contribution in [0.3, 0.4) is 0 Å². The normalized spacial score (nSPS) is 12.3. The van der Waals surface area contributed by atoms with Crippen molar-refractivity contribution in [3.63, 3.8) is 0 Å². The number of carboxylic acid groups (broad SMARTS) is 1. The minimum Gasteiger partial charge on any atom is -0.481 e. The molecule has 21 heavy (non-hydrogen) atoms. The number of aromatic nitrogens is 4. The monoisotopic (exact) mass is 302 g/mol. The summed E-state index contributed by atoms with van der Waals surface area (Å²) >= 11 is 0. The van der Waals surface area contributed by atoms with Crippen molar-refractivity contribution in [2.24, 2.45) is 0 Å². The Bertz CT molecular complexity index is 679. The zero-order valence-electron chi connectivity index (χ0n) is 11.3. The molecule has 114 valence electrons. The molecule has 2 aromatic heterocycles. The molecule has 0 aliphatic heterocycles. The minimum absolute atomic E-state index is 0.0244. The second-order valence-corrected chi connectivity index (χ2v) is 4.85. The van der Waals surface area contributed by atoms with Crippen LogP contribution >= 0.6 is 0 Å². The molecule has 0 unspecified atom stereocenters. The molecule has 1 N–H and O–H groups in total. The van der Waals surface area contributed by atoms with Gasteiger partial charge in [-0.05, 0) is 12.0 Å². The van der Waals surface area contributed by atoms with Crippen molar-refractivity contribution in [2.75, 3.05) is 0 Å². The van der Waals surface area contributed by atoms with Gasteiger partial charge in [0.2, 0.25) is 0 Å². The van der Waals surface area contributed by atoms with E-state index in [0.717, 1.165) is 6.07 Å². The van der Waals surface area contributed by atoms with Crippen LogP contribution in [-0.4, -0.2) is 30.7 Å². The molecule has 0 aromatic carbocycles. The summed E-state index contributed by atoms with van der Waals surface area (Å²) < 4.78 is 39.8. The summed E-state index contributed by atoms with van der Waals surface area (Å²) in [5, 5.41) is 12.3. The SMILES string of the molecule is CC(C)c1cc(C(F)(F)F)n2nc(CCC(=O)O)nc2n1. The molecule has 0 saturated heterocycles. The van der Waals surface area contributed by atoms with Gasteiger partial charge < -0.3 is 5.11 Å². The Morgan fingerprint density at radius 3 is 2.57 bits per heavy atom. The first-order chi connectivity index (χ1) is 9.68. The number of hydrogen-bond acceptors (Lipinski definition) is 4. The standard InChI is InChI=1S/C12H13F3N4O2/c1-6(2)7-5-8(12(13,14)15)19-11(16-7)17-9(18-19)3-4-10(20)21/h5-6H,3-4H2,1-2H3,(H,20,21). The first-order valence-corrected chi connectivity index (χ1v) is 6.24. The average Bonchev–Trinajstić information content (AvgIpc) is 2.76. The van der Waals surface area contributed by atoms with Crippen molar-refractivity contribution < 1.29 is 23.1 Å². The highest BCUT2D eigenvalue weighted by atomic mass is 19.4. The van der Waals surface area contributed by atoms with Crippen LogP contribution in [0.1, 0.15) is 43.4 Å². The predicted molar refractivity (Wildman–Crippen MR) is 65.8 cm³/mol. The molecular formula is C12H13F3N4O2. The number of carboxylic acids is 1. The number of fused-ring (bicyclic) bond motifs is 1. The van der Waals surface area contributed by atoms with Gasteiger partial charge >= 0.3 is 12.1 Å². The molecular weight excluding hydrogens is 289 g/mol.